The first-order valence-electron chi connectivity index (χ1n) is 3.91. The first-order chi connectivity index (χ1) is 5.61. The minimum absolute atomic E-state index is 0.0998. The van der Waals surface area contributed by atoms with Crippen LogP contribution in [0.5, 0.6) is 0 Å². The number of amides is 1. The van der Waals surface area contributed by atoms with Crippen LogP contribution >= 0.6 is 11.8 Å². The van der Waals surface area contributed by atoms with Gasteiger partial charge in [0.15, 0.2) is 0 Å². The first kappa shape index (κ1) is 9.83. The Hall–Kier alpha value is -0.260. The lowest BCUT2D eigenvalue weighted by atomic mass is 10.0. The van der Waals surface area contributed by atoms with E-state index in [0.29, 0.717) is 0 Å². The number of carbonyl (C=O) groups excluding carboxylic acids is 1. The third kappa shape index (κ3) is 1.57. The Morgan fingerprint density at radius 1 is 1.75 bits per heavy atom. The Morgan fingerprint density at radius 2 is 2.42 bits per heavy atom. The highest BCUT2D eigenvalue weighted by atomic mass is 32.2. The number of thioether (sulfide) groups is 1. The lowest BCUT2D eigenvalue weighted by Gasteiger charge is -2.40. The van der Waals surface area contributed by atoms with Gasteiger partial charge in [-0.1, -0.05) is 0 Å². The van der Waals surface area contributed by atoms with Gasteiger partial charge in [0, 0.05) is 18.1 Å². The number of hydrogen-bond donors (Lipinski definition) is 2. The number of nitrogens with one attached hydrogen (secondary N) is 1. The van der Waals surface area contributed by atoms with Crippen molar-refractivity contribution in [3.05, 3.63) is 0 Å². The molecule has 1 aliphatic rings. The molecule has 4 nitrogen and oxygen atoms in total. The van der Waals surface area contributed by atoms with Gasteiger partial charge in [-0.15, -0.1) is 0 Å². The van der Waals surface area contributed by atoms with E-state index in [1.54, 1.807) is 11.8 Å². The van der Waals surface area contributed by atoms with Crippen LogP contribution in [-0.4, -0.2) is 41.4 Å². The van der Waals surface area contributed by atoms with Crippen molar-refractivity contribution in [3.63, 3.8) is 0 Å². The lowest BCUT2D eigenvalue weighted by molar-refractivity contribution is -0.130. The van der Waals surface area contributed by atoms with E-state index in [1.165, 1.54) is 0 Å². The molecule has 0 saturated carbocycles. The van der Waals surface area contributed by atoms with Gasteiger partial charge in [0.2, 0.25) is 0 Å². The summed E-state index contributed by atoms with van der Waals surface area (Å²) in [5.41, 5.74) is 1.78. The SMILES string of the molecule is CN1CCSCC1(C)C(=O)NN. The minimum atomic E-state index is -0.433. The number of hydrazine groups is 1. The van der Waals surface area contributed by atoms with Crippen molar-refractivity contribution in [1.29, 1.82) is 0 Å². The minimum Gasteiger partial charge on any atom is -0.293 e. The summed E-state index contributed by atoms with van der Waals surface area (Å²) in [6.45, 7) is 2.86. The van der Waals surface area contributed by atoms with Gasteiger partial charge in [-0.2, -0.15) is 11.8 Å². The molecule has 0 aliphatic carbocycles. The zero-order valence-corrected chi connectivity index (χ0v) is 8.28. The van der Waals surface area contributed by atoms with Gasteiger partial charge in [-0.05, 0) is 14.0 Å². The summed E-state index contributed by atoms with van der Waals surface area (Å²) in [4.78, 5) is 13.5. The summed E-state index contributed by atoms with van der Waals surface area (Å²) < 4.78 is 0. The normalized spacial score (nSPS) is 31.6. The van der Waals surface area contributed by atoms with Crippen LogP contribution < -0.4 is 11.3 Å². The Morgan fingerprint density at radius 3 is 2.92 bits per heavy atom. The fourth-order valence-corrected chi connectivity index (χ4v) is 2.52. The molecule has 0 aromatic carbocycles. The van der Waals surface area contributed by atoms with Crippen molar-refractivity contribution in [3.8, 4) is 0 Å². The van der Waals surface area contributed by atoms with E-state index < -0.39 is 5.54 Å². The highest BCUT2D eigenvalue weighted by Gasteiger charge is 2.38. The molecule has 1 unspecified atom stereocenters. The van der Waals surface area contributed by atoms with E-state index in [2.05, 4.69) is 5.43 Å². The van der Waals surface area contributed by atoms with Crippen LogP contribution in [0.1, 0.15) is 6.92 Å². The average Bonchev–Trinajstić information content (AvgIpc) is 2.09. The molecule has 12 heavy (non-hydrogen) atoms. The van der Waals surface area contributed by atoms with E-state index in [0.717, 1.165) is 18.1 Å². The fourth-order valence-electron chi connectivity index (χ4n) is 1.22. The Bertz CT molecular complexity index is 187. The smallest absolute Gasteiger partial charge is 0.254 e. The van der Waals surface area contributed by atoms with Crippen LogP contribution in [0.15, 0.2) is 0 Å². The number of nitrogens with two attached hydrogens (primary N) is 1. The van der Waals surface area contributed by atoms with Crippen molar-refractivity contribution >= 4 is 17.7 Å². The molecule has 0 aromatic rings. The van der Waals surface area contributed by atoms with Gasteiger partial charge in [0.05, 0.1) is 0 Å². The molecule has 1 rings (SSSR count). The molecule has 1 aliphatic heterocycles. The Kier molecular flexibility index (Phi) is 2.98. The molecule has 1 atom stereocenters. The summed E-state index contributed by atoms with van der Waals surface area (Å²) in [6.07, 6.45) is 0. The maximum absolute atomic E-state index is 11.4. The van der Waals surface area contributed by atoms with Crippen molar-refractivity contribution in [1.82, 2.24) is 10.3 Å². The van der Waals surface area contributed by atoms with Crippen LogP contribution in [0.3, 0.4) is 0 Å². The maximum Gasteiger partial charge on any atom is 0.254 e. The monoisotopic (exact) mass is 189 g/mol. The molecule has 3 N–H and O–H groups in total. The van der Waals surface area contributed by atoms with Crippen molar-refractivity contribution in [2.45, 2.75) is 12.5 Å². The van der Waals surface area contributed by atoms with Gasteiger partial charge in [0.1, 0.15) is 5.54 Å². The summed E-state index contributed by atoms with van der Waals surface area (Å²) in [6, 6.07) is 0. The van der Waals surface area contributed by atoms with Gasteiger partial charge >= 0.3 is 0 Å². The van der Waals surface area contributed by atoms with Crippen LogP contribution in [0, 0.1) is 0 Å². The molecular formula is C7H15N3OS. The molecule has 0 bridgehead atoms. The van der Waals surface area contributed by atoms with Crippen LogP contribution in [0.2, 0.25) is 0 Å². The Balaban J connectivity index is 2.72. The predicted octanol–water partition coefficient (Wildman–Crippen LogP) is -0.586. The van der Waals surface area contributed by atoms with Crippen molar-refractivity contribution in [2.75, 3.05) is 25.1 Å². The van der Waals surface area contributed by atoms with Gasteiger partial charge < -0.3 is 0 Å². The summed E-state index contributed by atoms with van der Waals surface area (Å²) in [5.74, 6) is 6.91. The van der Waals surface area contributed by atoms with Crippen LogP contribution in [-0.2, 0) is 4.79 Å². The van der Waals surface area contributed by atoms with E-state index in [-0.39, 0.29) is 5.91 Å². The predicted molar refractivity (Wildman–Crippen MR) is 50.7 cm³/mol. The summed E-state index contributed by atoms with van der Waals surface area (Å²) >= 11 is 1.79. The summed E-state index contributed by atoms with van der Waals surface area (Å²) in [7, 11) is 1.95. The molecule has 5 heteroatoms. The zero-order valence-electron chi connectivity index (χ0n) is 7.46. The molecule has 0 aromatic heterocycles. The number of rotatable bonds is 1. The van der Waals surface area contributed by atoms with E-state index in [9.17, 15) is 4.79 Å². The largest absolute Gasteiger partial charge is 0.293 e. The molecule has 1 heterocycles. The number of hydrogen-bond acceptors (Lipinski definition) is 4. The average molecular weight is 189 g/mol. The summed E-state index contributed by atoms with van der Waals surface area (Å²) in [5, 5.41) is 0. The topological polar surface area (TPSA) is 58.4 Å². The van der Waals surface area contributed by atoms with Gasteiger partial charge in [0.25, 0.3) is 5.91 Å². The molecule has 1 amide bonds. The van der Waals surface area contributed by atoms with E-state index in [1.807, 2.05) is 18.9 Å². The van der Waals surface area contributed by atoms with Gasteiger partial charge in [-0.3, -0.25) is 15.1 Å². The first-order valence-corrected chi connectivity index (χ1v) is 5.07. The second-order valence-corrected chi connectivity index (χ2v) is 4.33. The van der Waals surface area contributed by atoms with Crippen LogP contribution in [0.4, 0.5) is 0 Å². The quantitative estimate of drug-likeness (QED) is 0.329. The number of nitrogens with zero attached hydrogens (tertiary/aromatic N) is 1. The molecule has 0 radical (unpaired) electrons. The van der Waals surface area contributed by atoms with Crippen LogP contribution in [0.25, 0.3) is 0 Å². The standard InChI is InChI=1S/C7H15N3OS/c1-7(6(11)9-8)5-12-4-3-10(7)2/h3-5,8H2,1-2H3,(H,9,11). The number of likely N-dealkylation sites (N-methyl/N-ethyl adjacent to an activating group) is 1. The number of carbonyl (C=O) groups is 1. The highest BCUT2D eigenvalue weighted by Crippen LogP contribution is 2.24. The third-order valence-corrected chi connectivity index (χ3v) is 3.65. The third-order valence-electron chi connectivity index (χ3n) is 2.42. The highest BCUT2D eigenvalue weighted by molar-refractivity contribution is 7.99. The van der Waals surface area contributed by atoms with E-state index in [4.69, 9.17) is 5.84 Å². The maximum atomic E-state index is 11.4. The zero-order chi connectivity index (χ0) is 9.19. The molecule has 0 spiro atoms. The molecule has 1 fully saturated rings. The second-order valence-electron chi connectivity index (χ2n) is 3.22. The van der Waals surface area contributed by atoms with Gasteiger partial charge in [-0.25, -0.2) is 5.84 Å². The van der Waals surface area contributed by atoms with Crippen molar-refractivity contribution < 1.29 is 4.79 Å². The fraction of sp³-hybridized carbons (Fsp3) is 0.857. The van der Waals surface area contributed by atoms with E-state index >= 15 is 0 Å². The lowest BCUT2D eigenvalue weighted by Crippen LogP contribution is -2.60. The molecule has 70 valence electrons. The molecule has 1 saturated heterocycles. The second kappa shape index (κ2) is 3.64. The Labute approximate surface area is 76.8 Å². The molecular weight excluding hydrogens is 174 g/mol. The van der Waals surface area contributed by atoms with Crippen molar-refractivity contribution in [2.24, 2.45) is 5.84 Å².